The average Bonchev–Trinajstić information content (AvgIpc) is 3.01. The van der Waals surface area contributed by atoms with Crippen molar-refractivity contribution in [1.29, 1.82) is 0 Å². The van der Waals surface area contributed by atoms with E-state index in [1.54, 1.807) is 78.9 Å². The van der Waals surface area contributed by atoms with Gasteiger partial charge in [-0.1, -0.05) is 60.7 Å². The van der Waals surface area contributed by atoms with Crippen molar-refractivity contribution in [3.8, 4) is 17.2 Å². The van der Waals surface area contributed by atoms with Crippen molar-refractivity contribution < 1.29 is 24.2 Å². The van der Waals surface area contributed by atoms with Gasteiger partial charge in [0.25, 0.3) is 11.8 Å². The van der Waals surface area contributed by atoms with Crippen LogP contribution < -0.4 is 20.1 Å². The second kappa shape index (κ2) is 12.0. The zero-order valence-electron chi connectivity index (χ0n) is 22.3. The number of rotatable bonds is 8. The highest BCUT2D eigenvalue weighted by molar-refractivity contribution is 6.11. The molecule has 0 aliphatic carbocycles. The normalized spacial score (nSPS) is 10.9. The molecule has 5 aromatic rings. The third-order valence-electron chi connectivity index (χ3n) is 6.31. The fourth-order valence-electron chi connectivity index (χ4n) is 4.33. The lowest BCUT2D eigenvalue weighted by Crippen LogP contribution is -2.12. The number of amides is 2. The third kappa shape index (κ3) is 5.69. The summed E-state index contributed by atoms with van der Waals surface area (Å²) in [4.78, 5) is 25.8. The van der Waals surface area contributed by atoms with E-state index >= 15 is 0 Å². The van der Waals surface area contributed by atoms with Crippen molar-refractivity contribution >= 4 is 45.3 Å². The number of methoxy groups -OCH3 is 2. The molecule has 0 atom stereocenters. The first-order valence-corrected chi connectivity index (χ1v) is 12.6. The molecule has 0 bridgehead atoms. The average molecular weight is 547 g/mol. The monoisotopic (exact) mass is 546 g/mol. The first-order valence-electron chi connectivity index (χ1n) is 12.6. The molecule has 9 nitrogen and oxygen atoms in total. The molecule has 3 N–H and O–H groups in total. The number of ether oxygens (including phenoxy) is 2. The highest BCUT2D eigenvalue weighted by Crippen LogP contribution is 2.45. The Morgan fingerprint density at radius 1 is 0.707 bits per heavy atom. The number of phenolic OH excluding ortho intramolecular Hbond substituents is 1. The molecule has 0 aliphatic rings. The molecule has 0 radical (unpaired) electrons. The fraction of sp³-hybridized carbons (Fsp3) is 0.0625. The molecule has 0 aromatic heterocycles. The highest BCUT2D eigenvalue weighted by Gasteiger charge is 2.20. The van der Waals surface area contributed by atoms with E-state index < -0.39 is 5.91 Å². The standard InChI is InChI=1S/C32H26N4O5/c1-40-29-25(34-31(38)20-11-5-3-6-12-20)17-18-26(30(29)41-2)35-36-27-23-16-10-9-13-21(23)19-24(28(27)37)32(39)33-22-14-7-4-8-15-22/h3-19,37H,1-2H3,(H,33,39)(H,34,38). The number of para-hydroxylation sites is 1. The number of hydrogen-bond donors (Lipinski definition) is 3. The molecular weight excluding hydrogens is 520 g/mol. The largest absolute Gasteiger partial charge is 0.505 e. The van der Waals surface area contributed by atoms with Crippen LogP contribution in [0.4, 0.5) is 22.7 Å². The van der Waals surface area contributed by atoms with Crippen LogP contribution in [0.2, 0.25) is 0 Å². The Labute approximate surface area is 236 Å². The maximum atomic E-state index is 13.1. The molecule has 2 amide bonds. The molecule has 0 saturated heterocycles. The number of nitrogens with zero attached hydrogens (tertiary/aromatic N) is 2. The van der Waals surface area contributed by atoms with Crippen molar-refractivity contribution in [2.75, 3.05) is 24.9 Å². The summed E-state index contributed by atoms with van der Waals surface area (Å²) < 4.78 is 11.1. The predicted molar refractivity (Wildman–Crippen MR) is 158 cm³/mol. The molecule has 0 saturated carbocycles. The Bertz CT molecular complexity index is 1760. The van der Waals surface area contributed by atoms with Gasteiger partial charge in [-0.25, -0.2) is 0 Å². The molecule has 41 heavy (non-hydrogen) atoms. The summed E-state index contributed by atoms with van der Waals surface area (Å²) in [5.41, 5.74) is 1.89. The Morgan fingerprint density at radius 2 is 1.37 bits per heavy atom. The lowest BCUT2D eigenvalue weighted by molar-refractivity contribution is 0.101. The van der Waals surface area contributed by atoms with Gasteiger partial charge in [-0.05, 0) is 47.9 Å². The van der Waals surface area contributed by atoms with Crippen LogP contribution in [0.3, 0.4) is 0 Å². The van der Waals surface area contributed by atoms with Crippen molar-refractivity contribution in [3.05, 3.63) is 114 Å². The molecular formula is C32H26N4O5. The summed E-state index contributed by atoms with van der Waals surface area (Å²) in [5.74, 6) is -0.656. The zero-order valence-corrected chi connectivity index (χ0v) is 22.3. The molecule has 0 aliphatic heterocycles. The van der Waals surface area contributed by atoms with E-state index in [4.69, 9.17) is 9.47 Å². The van der Waals surface area contributed by atoms with Gasteiger partial charge >= 0.3 is 0 Å². The molecule has 5 rings (SSSR count). The molecule has 0 unspecified atom stereocenters. The van der Waals surface area contributed by atoms with Crippen LogP contribution in [0.5, 0.6) is 17.2 Å². The second-order valence-corrected chi connectivity index (χ2v) is 8.88. The van der Waals surface area contributed by atoms with Gasteiger partial charge in [0, 0.05) is 16.6 Å². The summed E-state index contributed by atoms with van der Waals surface area (Å²) in [6.45, 7) is 0. The van der Waals surface area contributed by atoms with E-state index in [1.807, 2.05) is 24.3 Å². The van der Waals surface area contributed by atoms with Crippen molar-refractivity contribution in [2.45, 2.75) is 0 Å². The van der Waals surface area contributed by atoms with E-state index in [2.05, 4.69) is 20.9 Å². The van der Waals surface area contributed by atoms with Crippen molar-refractivity contribution in [3.63, 3.8) is 0 Å². The van der Waals surface area contributed by atoms with E-state index in [-0.39, 0.29) is 40.1 Å². The van der Waals surface area contributed by atoms with E-state index in [9.17, 15) is 14.7 Å². The molecule has 0 heterocycles. The van der Waals surface area contributed by atoms with Crippen molar-refractivity contribution in [1.82, 2.24) is 0 Å². The number of nitrogens with one attached hydrogen (secondary N) is 2. The number of phenols is 1. The van der Waals surface area contributed by atoms with E-state index in [1.165, 1.54) is 14.2 Å². The van der Waals surface area contributed by atoms with Gasteiger partial charge < -0.3 is 25.2 Å². The first-order chi connectivity index (χ1) is 20.0. The summed E-state index contributed by atoms with van der Waals surface area (Å²) in [6, 6.07) is 29.8. The maximum Gasteiger partial charge on any atom is 0.259 e. The van der Waals surface area contributed by atoms with Crippen LogP contribution in [0.1, 0.15) is 20.7 Å². The SMILES string of the molecule is COc1c(N=Nc2c(O)c(C(=O)Nc3ccccc3)cc3ccccc23)ccc(NC(=O)c2ccccc2)c1OC. The summed E-state index contributed by atoms with van der Waals surface area (Å²) in [5, 5.41) is 26.8. The van der Waals surface area contributed by atoms with Crippen LogP contribution in [0.15, 0.2) is 113 Å². The maximum absolute atomic E-state index is 13.1. The molecule has 9 heteroatoms. The first kappa shape index (κ1) is 26.9. The van der Waals surface area contributed by atoms with Gasteiger partial charge in [-0.15, -0.1) is 10.2 Å². The zero-order chi connectivity index (χ0) is 28.8. The lowest BCUT2D eigenvalue weighted by Gasteiger charge is -2.15. The Morgan fingerprint density at radius 3 is 2.07 bits per heavy atom. The minimum atomic E-state index is -0.492. The van der Waals surface area contributed by atoms with Gasteiger partial charge in [0.15, 0.2) is 17.2 Å². The number of anilines is 2. The molecule has 0 fully saturated rings. The molecule has 0 spiro atoms. The minimum absolute atomic E-state index is 0.0463. The van der Waals surface area contributed by atoms with Crippen LogP contribution in [-0.2, 0) is 0 Å². The van der Waals surface area contributed by atoms with Gasteiger partial charge in [0.2, 0.25) is 0 Å². The van der Waals surface area contributed by atoms with Crippen LogP contribution in [-0.4, -0.2) is 31.1 Å². The fourth-order valence-corrected chi connectivity index (χ4v) is 4.33. The van der Waals surface area contributed by atoms with Gasteiger partial charge in [0.05, 0.1) is 25.5 Å². The topological polar surface area (TPSA) is 122 Å². The quantitative estimate of drug-likeness (QED) is 0.174. The lowest BCUT2D eigenvalue weighted by atomic mass is 10.0. The number of fused-ring (bicyclic) bond motifs is 1. The number of carbonyl (C=O) groups is 2. The van der Waals surface area contributed by atoms with Crippen LogP contribution >= 0.6 is 0 Å². The number of hydrogen-bond acceptors (Lipinski definition) is 7. The summed E-state index contributed by atoms with van der Waals surface area (Å²) in [6.07, 6.45) is 0. The van der Waals surface area contributed by atoms with Crippen molar-refractivity contribution in [2.24, 2.45) is 10.2 Å². The van der Waals surface area contributed by atoms with E-state index in [0.29, 0.717) is 27.7 Å². The number of aromatic hydroxyl groups is 1. The third-order valence-corrected chi connectivity index (χ3v) is 6.31. The molecule has 204 valence electrons. The molecule has 5 aromatic carbocycles. The van der Waals surface area contributed by atoms with Crippen LogP contribution in [0.25, 0.3) is 10.8 Å². The minimum Gasteiger partial charge on any atom is -0.505 e. The Hall–Kier alpha value is -5.70. The second-order valence-electron chi connectivity index (χ2n) is 8.88. The Kier molecular flexibility index (Phi) is 7.87. The number of benzene rings is 5. The predicted octanol–water partition coefficient (Wildman–Crippen LogP) is 7.48. The highest BCUT2D eigenvalue weighted by atomic mass is 16.5. The van der Waals surface area contributed by atoms with Gasteiger partial charge in [-0.3, -0.25) is 9.59 Å². The number of azo groups is 1. The Balaban J connectivity index is 1.52. The smallest absolute Gasteiger partial charge is 0.259 e. The summed E-state index contributed by atoms with van der Waals surface area (Å²) in [7, 11) is 2.90. The van der Waals surface area contributed by atoms with Gasteiger partial charge in [0.1, 0.15) is 11.4 Å². The summed E-state index contributed by atoms with van der Waals surface area (Å²) >= 11 is 0. The van der Waals surface area contributed by atoms with Crippen LogP contribution in [0, 0.1) is 0 Å². The number of carbonyl (C=O) groups excluding carboxylic acids is 2. The van der Waals surface area contributed by atoms with E-state index in [0.717, 1.165) is 0 Å². The van der Waals surface area contributed by atoms with Gasteiger partial charge in [-0.2, -0.15) is 0 Å².